The summed E-state index contributed by atoms with van der Waals surface area (Å²) in [6, 6.07) is 5.77. The normalized spacial score (nSPS) is 11.2. The molecule has 0 radical (unpaired) electrons. The Morgan fingerprint density at radius 2 is 1.84 bits per heavy atom. The Balaban J connectivity index is 2.06. The van der Waals surface area contributed by atoms with Crippen LogP contribution in [0.25, 0.3) is 0 Å². The smallest absolute Gasteiger partial charge is 0.422 e. The van der Waals surface area contributed by atoms with Gasteiger partial charge in [-0.2, -0.15) is 18.2 Å². The largest absolute Gasteiger partial charge is 0.478 e. The Morgan fingerprint density at radius 1 is 1.20 bits per heavy atom. The van der Waals surface area contributed by atoms with Crippen LogP contribution in [0.2, 0.25) is 5.02 Å². The van der Waals surface area contributed by atoms with Crippen LogP contribution in [-0.4, -0.2) is 28.8 Å². The topological polar surface area (TPSA) is 68.7 Å². The molecule has 0 unspecified atom stereocenters. The van der Waals surface area contributed by atoms with Crippen molar-refractivity contribution in [3.63, 3.8) is 0 Å². The molecule has 1 heterocycles. The Kier molecular flexibility index (Phi) is 5.68. The van der Waals surface area contributed by atoms with E-state index < -0.39 is 30.1 Å². The second-order valence-corrected chi connectivity index (χ2v) is 5.14. The zero-order valence-electron chi connectivity index (χ0n) is 12.3. The summed E-state index contributed by atoms with van der Waals surface area (Å²) < 4.78 is 59.7. The number of ether oxygens (including phenoxy) is 2. The Morgan fingerprint density at radius 3 is 2.44 bits per heavy atom. The van der Waals surface area contributed by atoms with Gasteiger partial charge in [-0.05, 0) is 12.1 Å². The number of nitrogens with zero attached hydrogens (tertiary/aromatic N) is 1. The van der Waals surface area contributed by atoms with Gasteiger partial charge in [-0.3, -0.25) is 0 Å². The molecule has 5 nitrogen and oxygen atoms in total. The Labute approximate surface area is 143 Å². The number of carbonyl (C=O) groups is 1. The highest BCUT2D eigenvalue weighted by atomic mass is 35.5. The van der Waals surface area contributed by atoms with Crippen LogP contribution >= 0.6 is 11.6 Å². The van der Waals surface area contributed by atoms with Crippen LogP contribution < -0.4 is 9.47 Å². The van der Waals surface area contributed by atoms with E-state index in [4.69, 9.17) is 21.4 Å². The number of rotatable bonds is 6. The molecule has 1 aromatic carbocycles. The molecule has 10 heteroatoms. The minimum absolute atomic E-state index is 0.0386. The van der Waals surface area contributed by atoms with Crippen LogP contribution in [0.15, 0.2) is 30.3 Å². The summed E-state index contributed by atoms with van der Waals surface area (Å²) in [6.07, 6.45) is -4.50. The van der Waals surface area contributed by atoms with E-state index in [2.05, 4.69) is 9.72 Å². The minimum Gasteiger partial charge on any atom is -0.478 e. The van der Waals surface area contributed by atoms with Crippen molar-refractivity contribution in [1.82, 2.24) is 4.98 Å². The van der Waals surface area contributed by atoms with Crippen molar-refractivity contribution in [2.24, 2.45) is 0 Å². The van der Waals surface area contributed by atoms with E-state index in [0.29, 0.717) is 0 Å². The van der Waals surface area contributed by atoms with Crippen molar-refractivity contribution in [2.75, 3.05) is 6.61 Å². The van der Waals surface area contributed by atoms with Crippen molar-refractivity contribution in [2.45, 2.75) is 12.8 Å². The molecular weight excluding hydrogens is 370 g/mol. The predicted octanol–water partition coefficient (Wildman–Crippen LogP) is 4.09. The van der Waals surface area contributed by atoms with Crippen LogP contribution in [0.4, 0.5) is 17.6 Å². The lowest BCUT2D eigenvalue weighted by Gasteiger charge is -2.11. The number of hydrogen-bond acceptors (Lipinski definition) is 4. The lowest BCUT2D eigenvalue weighted by atomic mass is 10.1. The molecule has 0 fully saturated rings. The highest BCUT2D eigenvalue weighted by molar-refractivity contribution is 6.31. The molecule has 0 saturated heterocycles. The quantitative estimate of drug-likeness (QED) is 0.765. The molecule has 0 atom stereocenters. The van der Waals surface area contributed by atoms with Crippen LogP contribution in [0.5, 0.6) is 11.8 Å². The Bertz CT molecular complexity index is 783. The molecule has 0 aliphatic heterocycles. The van der Waals surface area contributed by atoms with Gasteiger partial charge >= 0.3 is 12.1 Å². The third-order valence-corrected chi connectivity index (χ3v) is 3.18. The average molecular weight is 380 g/mol. The number of carboxylic acids is 1. The number of alkyl halides is 3. The second-order valence-electron chi connectivity index (χ2n) is 4.74. The number of hydrogen-bond donors (Lipinski definition) is 1. The molecule has 0 spiro atoms. The first kappa shape index (κ1) is 18.8. The molecule has 1 aromatic heterocycles. The summed E-state index contributed by atoms with van der Waals surface area (Å²) in [5, 5.41) is 8.75. The lowest BCUT2D eigenvalue weighted by Crippen LogP contribution is -2.19. The first-order valence-electron chi connectivity index (χ1n) is 6.66. The maximum absolute atomic E-state index is 13.6. The monoisotopic (exact) mass is 379 g/mol. The molecule has 25 heavy (non-hydrogen) atoms. The van der Waals surface area contributed by atoms with Gasteiger partial charge in [0.25, 0.3) is 0 Å². The fourth-order valence-corrected chi connectivity index (χ4v) is 1.94. The fraction of sp³-hybridized carbons (Fsp3) is 0.200. The standard InChI is InChI=1S/C15H10ClF4NO4/c16-10-5-9(14(22)23)11(17)4-8(10)6-24-12-2-1-3-13(21-12)25-7-15(18,19)20/h1-5H,6-7H2,(H,22,23). The molecule has 0 bridgehead atoms. The summed E-state index contributed by atoms with van der Waals surface area (Å²) in [6.45, 7) is -1.78. The maximum Gasteiger partial charge on any atom is 0.422 e. The number of pyridine rings is 1. The number of halogens is 5. The third kappa shape index (κ3) is 5.49. The van der Waals surface area contributed by atoms with Crippen LogP contribution in [0, 0.1) is 5.82 Å². The van der Waals surface area contributed by atoms with Gasteiger partial charge in [0, 0.05) is 22.7 Å². The van der Waals surface area contributed by atoms with E-state index in [0.717, 1.165) is 12.1 Å². The van der Waals surface area contributed by atoms with Crippen molar-refractivity contribution < 1.29 is 36.9 Å². The molecule has 2 rings (SSSR count). The molecule has 134 valence electrons. The molecule has 0 amide bonds. The van der Waals surface area contributed by atoms with Gasteiger partial charge in [0.15, 0.2) is 6.61 Å². The summed E-state index contributed by atoms with van der Waals surface area (Å²) in [4.78, 5) is 14.5. The maximum atomic E-state index is 13.6. The van der Waals surface area contributed by atoms with Crippen molar-refractivity contribution >= 4 is 17.6 Å². The molecule has 0 saturated carbocycles. The zero-order valence-corrected chi connectivity index (χ0v) is 13.1. The second kappa shape index (κ2) is 7.56. The van der Waals surface area contributed by atoms with Crippen molar-refractivity contribution in [1.29, 1.82) is 0 Å². The molecule has 2 aromatic rings. The van der Waals surface area contributed by atoms with Crippen molar-refractivity contribution in [3.05, 3.63) is 52.3 Å². The Hall–Kier alpha value is -2.55. The van der Waals surface area contributed by atoms with E-state index in [-0.39, 0.29) is 29.0 Å². The van der Waals surface area contributed by atoms with Gasteiger partial charge < -0.3 is 14.6 Å². The van der Waals surface area contributed by atoms with Gasteiger partial charge in [0.1, 0.15) is 12.4 Å². The molecule has 0 aliphatic carbocycles. The van der Waals surface area contributed by atoms with Gasteiger partial charge in [-0.1, -0.05) is 17.7 Å². The van der Waals surface area contributed by atoms with E-state index in [1.165, 1.54) is 18.2 Å². The minimum atomic E-state index is -4.50. The first-order chi connectivity index (χ1) is 11.7. The van der Waals surface area contributed by atoms with Crippen molar-refractivity contribution in [3.8, 4) is 11.8 Å². The first-order valence-corrected chi connectivity index (χ1v) is 7.04. The number of aromatic carboxylic acids is 1. The molecule has 0 aliphatic rings. The van der Waals surface area contributed by atoms with Gasteiger partial charge in [0.2, 0.25) is 11.8 Å². The fourth-order valence-electron chi connectivity index (χ4n) is 1.73. The van der Waals surface area contributed by atoms with Gasteiger partial charge in [-0.25, -0.2) is 9.18 Å². The van der Waals surface area contributed by atoms with E-state index in [1.54, 1.807) is 0 Å². The summed E-state index contributed by atoms with van der Waals surface area (Å²) in [5.74, 6) is -2.83. The van der Waals surface area contributed by atoms with Crippen LogP contribution in [0.3, 0.4) is 0 Å². The summed E-state index contributed by atoms with van der Waals surface area (Å²) in [5.41, 5.74) is -0.443. The van der Waals surface area contributed by atoms with E-state index in [9.17, 15) is 22.4 Å². The molecular formula is C15H10ClF4NO4. The average Bonchev–Trinajstić information content (AvgIpc) is 2.53. The predicted molar refractivity (Wildman–Crippen MR) is 78.5 cm³/mol. The SMILES string of the molecule is O=C(O)c1cc(Cl)c(COc2cccc(OCC(F)(F)F)n2)cc1F. The number of carboxylic acid groups (broad SMARTS) is 1. The van der Waals surface area contributed by atoms with Gasteiger partial charge in [-0.15, -0.1) is 0 Å². The zero-order chi connectivity index (χ0) is 18.6. The summed E-state index contributed by atoms with van der Waals surface area (Å²) in [7, 11) is 0. The van der Waals surface area contributed by atoms with E-state index in [1.807, 2.05) is 0 Å². The van der Waals surface area contributed by atoms with E-state index >= 15 is 0 Å². The van der Waals surface area contributed by atoms with Gasteiger partial charge in [0.05, 0.1) is 5.56 Å². The lowest BCUT2D eigenvalue weighted by molar-refractivity contribution is -0.154. The molecule has 1 N–H and O–H groups in total. The highest BCUT2D eigenvalue weighted by Crippen LogP contribution is 2.24. The third-order valence-electron chi connectivity index (χ3n) is 2.82. The number of aromatic nitrogens is 1. The van der Waals surface area contributed by atoms with Crippen LogP contribution in [-0.2, 0) is 6.61 Å². The van der Waals surface area contributed by atoms with Crippen LogP contribution in [0.1, 0.15) is 15.9 Å². The number of benzene rings is 1. The highest BCUT2D eigenvalue weighted by Gasteiger charge is 2.28. The summed E-state index contributed by atoms with van der Waals surface area (Å²) >= 11 is 5.86.